The van der Waals surface area contributed by atoms with Crippen LogP contribution in [0.15, 0.2) is 42.7 Å². The lowest BCUT2D eigenvalue weighted by atomic mass is 9.99. The van der Waals surface area contributed by atoms with Crippen molar-refractivity contribution >= 4 is 21.5 Å². The maximum atomic E-state index is 9.48. The molecule has 16 heavy (non-hydrogen) atoms. The highest BCUT2D eigenvalue weighted by Crippen LogP contribution is 2.29. The number of aromatic hydroxyl groups is 1. The summed E-state index contributed by atoms with van der Waals surface area (Å²) in [6, 6.07) is 9.56. The Morgan fingerprint density at radius 2 is 1.88 bits per heavy atom. The van der Waals surface area contributed by atoms with Crippen molar-refractivity contribution in [2.24, 2.45) is 0 Å². The monoisotopic (exact) mass is 209 g/mol. The normalized spacial score (nSPS) is 11.1. The zero-order valence-corrected chi connectivity index (χ0v) is 8.94. The van der Waals surface area contributed by atoms with Crippen molar-refractivity contribution in [3.63, 3.8) is 0 Å². The largest absolute Gasteiger partial charge is 0.508 e. The molecule has 0 saturated carbocycles. The van der Waals surface area contributed by atoms with Crippen LogP contribution in [0.2, 0.25) is 0 Å². The second-order valence-corrected chi connectivity index (χ2v) is 4.02. The van der Waals surface area contributed by atoms with Crippen molar-refractivity contribution < 1.29 is 5.11 Å². The van der Waals surface area contributed by atoms with E-state index in [1.54, 1.807) is 12.1 Å². The summed E-state index contributed by atoms with van der Waals surface area (Å²) in [6.45, 7) is 2.08. The van der Waals surface area contributed by atoms with Crippen LogP contribution in [-0.4, -0.2) is 10.1 Å². The topological polar surface area (TPSA) is 33.1 Å². The highest BCUT2D eigenvalue weighted by atomic mass is 16.3. The van der Waals surface area contributed by atoms with Gasteiger partial charge in [-0.25, -0.2) is 0 Å². The molecule has 0 aliphatic heterocycles. The molecule has 78 valence electrons. The van der Waals surface area contributed by atoms with Gasteiger partial charge in [0.25, 0.3) is 0 Å². The van der Waals surface area contributed by atoms with Crippen LogP contribution >= 0.6 is 0 Å². The first-order valence-electron chi connectivity index (χ1n) is 5.22. The first kappa shape index (κ1) is 9.16. The van der Waals surface area contributed by atoms with Crippen LogP contribution in [-0.2, 0) is 0 Å². The lowest BCUT2D eigenvalue weighted by molar-refractivity contribution is 0.476. The highest BCUT2D eigenvalue weighted by Gasteiger charge is 2.04. The standard InChI is InChI=1S/C14H11NO/c1-9-6-10-7-11(16)2-3-13(10)14-8-15-5-4-12(9)14/h2-8,16H,1H3. The SMILES string of the molecule is Cc1cc2cc(O)ccc2c2cnccc12. The molecule has 3 rings (SSSR count). The molecule has 0 spiro atoms. The molecular weight excluding hydrogens is 198 g/mol. The summed E-state index contributed by atoms with van der Waals surface area (Å²) in [6.07, 6.45) is 3.68. The first-order valence-corrected chi connectivity index (χ1v) is 5.22. The van der Waals surface area contributed by atoms with E-state index in [4.69, 9.17) is 0 Å². The van der Waals surface area contributed by atoms with Crippen LogP contribution < -0.4 is 0 Å². The molecule has 0 unspecified atom stereocenters. The van der Waals surface area contributed by atoms with Crippen molar-refractivity contribution in [3.8, 4) is 5.75 Å². The number of nitrogens with zero attached hydrogens (tertiary/aromatic N) is 1. The first-order chi connectivity index (χ1) is 7.75. The van der Waals surface area contributed by atoms with Crippen molar-refractivity contribution in [3.05, 3.63) is 48.3 Å². The molecule has 0 radical (unpaired) electrons. The quantitative estimate of drug-likeness (QED) is 0.575. The highest BCUT2D eigenvalue weighted by molar-refractivity contribution is 6.08. The van der Waals surface area contributed by atoms with E-state index in [-0.39, 0.29) is 0 Å². The van der Waals surface area contributed by atoms with Gasteiger partial charge >= 0.3 is 0 Å². The molecule has 1 aromatic heterocycles. The Morgan fingerprint density at radius 1 is 1.00 bits per heavy atom. The number of hydrogen-bond donors (Lipinski definition) is 1. The maximum Gasteiger partial charge on any atom is 0.116 e. The number of rotatable bonds is 0. The van der Waals surface area contributed by atoms with E-state index < -0.39 is 0 Å². The van der Waals surface area contributed by atoms with Gasteiger partial charge in [-0.05, 0) is 46.8 Å². The van der Waals surface area contributed by atoms with Crippen molar-refractivity contribution in [1.29, 1.82) is 0 Å². The summed E-state index contributed by atoms with van der Waals surface area (Å²) in [4.78, 5) is 4.16. The van der Waals surface area contributed by atoms with Gasteiger partial charge in [-0.15, -0.1) is 0 Å². The molecule has 2 aromatic carbocycles. The number of hydrogen-bond acceptors (Lipinski definition) is 2. The zero-order valence-electron chi connectivity index (χ0n) is 8.94. The predicted molar refractivity (Wildman–Crippen MR) is 65.7 cm³/mol. The van der Waals surface area contributed by atoms with E-state index in [1.165, 1.54) is 10.9 Å². The van der Waals surface area contributed by atoms with Crippen molar-refractivity contribution in [2.75, 3.05) is 0 Å². The third kappa shape index (κ3) is 1.23. The maximum absolute atomic E-state index is 9.48. The Balaban J connectivity index is 2.59. The summed E-state index contributed by atoms with van der Waals surface area (Å²) in [5.41, 5.74) is 1.20. The van der Waals surface area contributed by atoms with Crippen LogP contribution in [0.5, 0.6) is 5.75 Å². The van der Waals surface area contributed by atoms with Gasteiger partial charge in [0.05, 0.1) is 0 Å². The second-order valence-electron chi connectivity index (χ2n) is 4.02. The summed E-state index contributed by atoms with van der Waals surface area (Å²) in [5, 5.41) is 14.0. The van der Waals surface area contributed by atoms with Gasteiger partial charge in [-0.3, -0.25) is 4.98 Å². The molecule has 3 aromatic rings. The molecule has 1 heterocycles. The van der Waals surface area contributed by atoms with Crippen molar-refractivity contribution in [2.45, 2.75) is 6.92 Å². The number of pyridine rings is 1. The van der Waals surface area contributed by atoms with E-state index >= 15 is 0 Å². The number of phenolic OH excluding ortho intramolecular Hbond substituents is 1. The Morgan fingerprint density at radius 3 is 2.75 bits per heavy atom. The number of aryl methyl sites for hydroxylation is 1. The van der Waals surface area contributed by atoms with E-state index in [1.807, 2.05) is 24.5 Å². The predicted octanol–water partition coefficient (Wildman–Crippen LogP) is 3.40. The third-order valence-corrected chi connectivity index (χ3v) is 2.94. The molecule has 0 saturated heterocycles. The average Bonchev–Trinajstić information content (AvgIpc) is 2.29. The van der Waals surface area contributed by atoms with E-state index in [0.717, 1.165) is 16.2 Å². The fraction of sp³-hybridized carbons (Fsp3) is 0.0714. The Labute approximate surface area is 93.2 Å². The molecule has 0 atom stereocenters. The van der Waals surface area contributed by atoms with Gasteiger partial charge in [0.15, 0.2) is 0 Å². The molecule has 0 amide bonds. The molecule has 0 bridgehead atoms. The van der Waals surface area contributed by atoms with E-state index in [2.05, 4.69) is 18.0 Å². The van der Waals surface area contributed by atoms with Gasteiger partial charge in [-0.1, -0.05) is 12.1 Å². The lowest BCUT2D eigenvalue weighted by Crippen LogP contribution is -1.83. The van der Waals surface area contributed by atoms with Crippen LogP contribution in [0, 0.1) is 6.92 Å². The Hall–Kier alpha value is -2.09. The molecule has 2 heteroatoms. The lowest BCUT2D eigenvalue weighted by Gasteiger charge is -2.06. The third-order valence-electron chi connectivity index (χ3n) is 2.94. The van der Waals surface area contributed by atoms with Gasteiger partial charge < -0.3 is 5.11 Å². The fourth-order valence-corrected chi connectivity index (χ4v) is 2.18. The summed E-state index contributed by atoms with van der Waals surface area (Å²) < 4.78 is 0. The number of benzene rings is 2. The molecule has 2 nitrogen and oxygen atoms in total. The van der Waals surface area contributed by atoms with Gasteiger partial charge in [0.2, 0.25) is 0 Å². The molecule has 0 aliphatic carbocycles. The van der Waals surface area contributed by atoms with E-state index in [0.29, 0.717) is 5.75 Å². The Bertz CT molecular complexity index is 689. The minimum Gasteiger partial charge on any atom is -0.508 e. The summed E-state index contributed by atoms with van der Waals surface area (Å²) in [5.74, 6) is 0.301. The summed E-state index contributed by atoms with van der Waals surface area (Å²) >= 11 is 0. The second kappa shape index (κ2) is 3.20. The molecule has 0 aliphatic rings. The molecule has 1 N–H and O–H groups in total. The molecular formula is C14H11NO. The number of fused-ring (bicyclic) bond motifs is 3. The van der Waals surface area contributed by atoms with Crippen LogP contribution in [0.3, 0.4) is 0 Å². The van der Waals surface area contributed by atoms with Gasteiger partial charge in [-0.2, -0.15) is 0 Å². The van der Waals surface area contributed by atoms with Crippen LogP contribution in [0.1, 0.15) is 5.56 Å². The smallest absolute Gasteiger partial charge is 0.116 e. The van der Waals surface area contributed by atoms with Crippen molar-refractivity contribution in [1.82, 2.24) is 4.98 Å². The number of phenols is 1. The van der Waals surface area contributed by atoms with Gasteiger partial charge in [0, 0.05) is 17.8 Å². The summed E-state index contributed by atoms with van der Waals surface area (Å²) in [7, 11) is 0. The molecule has 0 fully saturated rings. The minimum atomic E-state index is 0.301. The fourth-order valence-electron chi connectivity index (χ4n) is 2.18. The zero-order chi connectivity index (χ0) is 11.1. The van der Waals surface area contributed by atoms with Crippen LogP contribution in [0.4, 0.5) is 0 Å². The average molecular weight is 209 g/mol. The van der Waals surface area contributed by atoms with E-state index in [9.17, 15) is 5.11 Å². The Kier molecular flexibility index (Phi) is 1.83. The minimum absolute atomic E-state index is 0.301. The van der Waals surface area contributed by atoms with Crippen LogP contribution in [0.25, 0.3) is 21.5 Å². The number of aromatic nitrogens is 1. The van der Waals surface area contributed by atoms with Gasteiger partial charge in [0.1, 0.15) is 5.75 Å².